The molecule has 4 aromatic rings. The van der Waals surface area contributed by atoms with Gasteiger partial charge in [-0.1, -0.05) is 49.7 Å². The van der Waals surface area contributed by atoms with Crippen LogP contribution < -0.4 is 14.2 Å². The van der Waals surface area contributed by atoms with Crippen LogP contribution in [0.4, 0.5) is 0 Å². The molecule has 47 heavy (non-hydrogen) atoms. The predicted molar refractivity (Wildman–Crippen MR) is 172 cm³/mol. The average molecular weight is 662 g/mol. The van der Waals surface area contributed by atoms with Crippen molar-refractivity contribution in [3.63, 3.8) is 0 Å². The lowest BCUT2D eigenvalue weighted by atomic mass is 9.99. The smallest absolute Gasteiger partial charge is 0.331 e. The van der Waals surface area contributed by atoms with Crippen molar-refractivity contribution in [2.24, 2.45) is 0 Å². The van der Waals surface area contributed by atoms with E-state index in [1.807, 2.05) is 6.92 Å². The predicted octanol–water partition coefficient (Wildman–Crippen LogP) is 5.28. The first-order valence-electron chi connectivity index (χ1n) is 14.9. The Morgan fingerprint density at radius 2 is 1.81 bits per heavy atom. The molecule has 0 saturated heterocycles. The number of nitrogens with one attached hydrogen (secondary N) is 1. The van der Waals surface area contributed by atoms with Crippen molar-refractivity contribution in [1.82, 2.24) is 14.3 Å². The number of ether oxygens (including phenoxy) is 4. The van der Waals surface area contributed by atoms with Crippen molar-refractivity contribution < 1.29 is 42.1 Å². The van der Waals surface area contributed by atoms with Crippen LogP contribution in [0.5, 0.6) is 11.5 Å². The maximum Gasteiger partial charge on any atom is 0.331 e. The van der Waals surface area contributed by atoms with Gasteiger partial charge in [0, 0.05) is 31.1 Å². The third-order valence-electron chi connectivity index (χ3n) is 7.54. The molecule has 13 heteroatoms. The topological polar surface area (TPSA) is 155 Å². The second-order valence-electron chi connectivity index (χ2n) is 10.7. The van der Waals surface area contributed by atoms with Crippen molar-refractivity contribution in [3.8, 4) is 17.2 Å². The Morgan fingerprint density at radius 3 is 2.51 bits per heavy atom. The molecule has 1 aromatic heterocycles. The number of hydrogen-bond acceptors (Lipinski definition) is 9. The summed E-state index contributed by atoms with van der Waals surface area (Å²) < 4.78 is 52.2. The van der Waals surface area contributed by atoms with Crippen LogP contribution in [0.2, 0.25) is 0 Å². The van der Waals surface area contributed by atoms with Crippen molar-refractivity contribution in [2.45, 2.75) is 50.1 Å². The third-order valence-corrected chi connectivity index (χ3v) is 8.89. The number of para-hydroxylation sites is 1. The lowest BCUT2D eigenvalue weighted by molar-refractivity contribution is -0.268. The second-order valence-corrected chi connectivity index (χ2v) is 12.3. The van der Waals surface area contributed by atoms with Crippen molar-refractivity contribution in [1.29, 1.82) is 0 Å². The number of methoxy groups -OCH3 is 2. The molecule has 0 bridgehead atoms. The zero-order chi connectivity index (χ0) is 33.6. The zero-order valence-corrected chi connectivity index (χ0v) is 26.9. The Kier molecular flexibility index (Phi) is 10.4. The summed E-state index contributed by atoms with van der Waals surface area (Å²) in [6.07, 6.45) is 4.37. The van der Waals surface area contributed by atoms with Gasteiger partial charge in [0.05, 0.1) is 41.3 Å². The van der Waals surface area contributed by atoms with Gasteiger partial charge in [-0.2, -0.15) is 0 Å². The number of carbonyl (C=O) groups excluding carboxylic acids is 1. The molecular weight excluding hydrogens is 626 g/mol. The van der Waals surface area contributed by atoms with Gasteiger partial charge in [-0.3, -0.25) is 9.36 Å². The van der Waals surface area contributed by atoms with Crippen LogP contribution in [0, 0.1) is 0 Å². The van der Waals surface area contributed by atoms with Crippen molar-refractivity contribution >= 4 is 28.0 Å². The van der Waals surface area contributed by atoms with E-state index in [4.69, 9.17) is 18.9 Å². The first kappa shape index (κ1) is 33.4. The van der Waals surface area contributed by atoms with Crippen LogP contribution in [0.3, 0.4) is 0 Å². The van der Waals surface area contributed by atoms with Gasteiger partial charge in [0.15, 0.2) is 0 Å². The number of aryl methyl sites for hydroxylation is 1. The van der Waals surface area contributed by atoms with E-state index in [9.17, 15) is 23.1 Å². The molecule has 0 aliphatic carbocycles. The number of aliphatic carboxylic acids is 1. The lowest BCUT2D eigenvalue weighted by Crippen LogP contribution is -2.31. The number of hydrogen-bond donors (Lipinski definition) is 2. The van der Waals surface area contributed by atoms with E-state index in [0.29, 0.717) is 40.7 Å². The minimum atomic E-state index is -4.21. The third kappa shape index (κ3) is 7.54. The molecular formula is C34H35N3O9S. The number of carboxylic acid groups (broad SMARTS) is 1. The molecule has 3 aromatic carbocycles. The summed E-state index contributed by atoms with van der Waals surface area (Å²) in [6.45, 7) is 1.000. The first-order chi connectivity index (χ1) is 22.6. The normalized spacial score (nSPS) is 16.2. The van der Waals surface area contributed by atoms with Crippen LogP contribution in [-0.4, -0.2) is 55.6 Å². The molecule has 0 fully saturated rings. The van der Waals surface area contributed by atoms with Crippen LogP contribution in [-0.2, 0) is 30.7 Å². The minimum absolute atomic E-state index is 0.00378. The van der Waals surface area contributed by atoms with E-state index in [-0.39, 0.29) is 22.5 Å². The van der Waals surface area contributed by atoms with Crippen LogP contribution in [0.25, 0.3) is 11.8 Å². The van der Waals surface area contributed by atoms with Crippen molar-refractivity contribution in [3.05, 3.63) is 107 Å². The maximum atomic E-state index is 13.7. The fraction of sp³-hybridized carbons (Fsp3) is 0.265. The number of nitrogens with zero attached hydrogens (tertiary/aromatic N) is 2. The van der Waals surface area contributed by atoms with Gasteiger partial charge in [0.2, 0.25) is 0 Å². The highest BCUT2D eigenvalue weighted by Crippen LogP contribution is 2.38. The summed E-state index contributed by atoms with van der Waals surface area (Å²) in [5.41, 5.74) is 1.30. The number of amides is 1. The molecule has 5 rings (SSSR count). The molecule has 2 N–H and O–H groups in total. The number of sulfonamides is 1. The van der Waals surface area contributed by atoms with Gasteiger partial charge in [-0.25, -0.2) is 22.9 Å². The number of imidazole rings is 1. The fourth-order valence-electron chi connectivity index (χ4n) is 5.19. The van der Waals surface area contributed by atoms with E-state index in [1.165, 1.54) is 44.7 Å². The number of rotatable bonds is 13. The molecule has 0 radical (unpaired) electrons. The number of carbonyl (C=O) groups is 2. The quantitative estimate of drug-likeness (QED) is 0.181. The Labute approximate surface area is 272 Å². The van der Waals surface area contributed by atoms with Crippen molar-refractivity contribution in [2.75, 3.05) is 14.2 Å². The molecule has 12 nitrogen and oxygen atoms in total. The monoisotopic (exact) mass is 661 g/mol. The first-order valence-corrected chi connectivity index (χ1v) is 16.4. The molecule has 2 unspecified atom stereocenters. The van der Waals surface area contributed by atoms with Crippen LogP contribution in [0.15, 0.2) is 89.5 Å². The van der Waals surface area contributed by atoms with E-state index in [1.54, 1.807) is 59.2 Å². The fourth-order valence-corrected chi connectivity index (χ4v) is 6.18. The number of unbranched alkanes of at least 4 members (excludes halogenated alkanes) is 1. The van der Waals surface area contributed by atoms with Gasteiger partial charge < -0.3 is 24.1 Å². The minimum Gasteiger partial charge on any atom is -0.497 e. The number of aromatic nitrogens is 2. The Bertz CT molecular complexity index is 1890. The molecule has 1 amide bonds. The van der Waals surface area contributed by atoms with E-state index < -0.39 is 34.5 Å². The summed E-state index contributed by atoms with van der Waals surface area (Å²) in [5.74, 6) is -0.690. The highest BCUT2D eigenvalue weighted by Gasteiger charge is 2.31. The highest BCUT2D eigenvalue weighted by atomic mass is 32.2. The van der Waals surface area contributed by atoms with Gasteiger partial charge in [-0.05, 0) is 48.9 Å². The molecule has 0 saturated carbocycles. The molecule has 246 valence electrons. The largest absolute Gasteiger partial charge is 0.497 e. The Hall–Kier alpha value is -4.98. The standard InChI is InChI=1S/C34H35N3O9S/c1-4-5-15-31-35-21-23(18-22(33(39)40)19-30-26-13-9-10-14-29(26)45-34(44-3)46-30)37(31)28-17-16-24(43-2)20-27(28)32(38)36-47(41,42)25-11-7-6-8-12-25/h6-14,16-18,20-21,30,34H,4-5,15,19H2,1-3H3,(H,36,38)(H,39,40)/b22-18+. The zero-order valence-electron chi connectivity index (χ0n) is 26.1. The lowest BCUT2D eigenvalue weighted by Gasteiger charge is -2.31. The van der Waals surface area contributed by atoms with E-state index in [2.05, 4.69) is 9.71 Å². The molecule has 2 heterocycles. The summed E-state index contributed by atoms with van der Waals surface area (Å²) in [7, 11) is -1.36. The average Bonchev–Trinajstić information content (AvgIpc) is 3.48. The number of benzene rings is 3. The van der Waals surface area contributed by atoms with Gasteiger partial charge >= 0.3 is 12.4 Å². The summed E-state index contributed by atoms with van der Waals surface area (Å²) in [4.78, 5) is 30.9. The summed E-state index contributed by atoms with van der Waals surface area (Å²) >= 11 is 0. The number of fused-ring (bicyclic) bond motifs is 1. The maximum absolute atomic E-state index is 13.7. The molecule has 1 aliphatic heterocycles. The highest BCUT2D eigenvalue weighted by molar-refractivity contribution is 7.90. The van der Waals surface area contributed by atoms with Gasteiger partial charge in [0.25, 0.3) is 15.9 Å². The van der Waals surface area contributed by atoms with Gasteiger partial charge in [-0.15, -0.1) is 0 Å². The Morgan fingerprint density at radius 1 is 1.06 bits per heavy atom. The van der Waals surface area contributed by atoms with Crippen LogP contribution in [0.1, 0.15) is 59.7 Å². The summed E-state index contributed by atoms with van der Waals surface area (Å²) in [5, 5.41) is 10.3. The SMILES string of the molecule is CCCCc1ncc(/C=C(\CC2OC(OC)Oc3ccccc32)C(=O)O)n1-c1ccc(OC)cc1C(=O)NS(=O)(=O)c1ccccc1. The summed E-state index contributed by atoms with van der Waals surface area (Å²) in [6, 6.07) is 19.4. The van der Waals surface area contributed by atoms with Crippen LogP contribution >= 0.6 is 0 Å². The molecule has 0 spiro atoms. The number of carboxylic acids is 1. The van der Waals surface area contributed by atoms with Gasteiger partial charge in [0.1, 0.15) is 17.3 Å². The Balaban J connectivity index is 1.59. The van der Waals surface area contributed by atoms with E-state index >= 15 is 0 Å². The second kappa shape index (κ2) is 14.6. The molecule has 2 atom stereocenters. The van der Waals surface area contributed by atoms with E-state index in [0.717, 1.165) is 12.8 Å². The molecule has 1 aliphatic rings.